The van der Waals surface area contributed by atoms with Crippen molar-refractivity contribution in [2.75, 3.05) is 18.5 Å². The quantitative estimate of drug-likeness (QED) is 0.492. The number of carbonyl (C=O) groups excluding carboxylic acids is 1. The normalized spacial score (nSPS) is 13.7. The van der Waals surface area contributed by atoms with E-state index in [9.17, 15) is 14.7 Å². The van der Waals surface area contributed by atoms with Gasteiger partial charge in [0.25, 0.3) is 0 Å². The summed E-state index contributed by atoms with van der Waals surface area (Å²) in [6, 6.07) is 7.75. The highest BCUT2D eigenvalue weighted by Gasteiger charge is 2.20. The highest BCUT2D eigenvalue weighted by atomic mass is 16.5. The highest BCUT2D eigenvalue weighted by molar-refractivity contribution is 5.80. The lowest BCUT2D eigenvalue weighted by Crippen LogP contribution is -2.14. The van der Waals surface area contributed by atoms with Crippen molar-refractivity contribution in [3.8, 4) is 5.88 Å². The third-order valence-corrected chi connectivity index (χ3v) is 5.51. The van der Waals surface area contributed by atoms with Crippen molar-refractivity contribution >= 4 is 17.6 Å². The van der Waals surface area contributed by atoms with Crippen LogP contribution in [0.5, 0.6) is 5.88 Å². The first-order valence-corrected chi connectivity index (χ1v) is 11.1. The van der Waals surface area contributed by atoms with Gasteiger partial charge in [-0.25, -0.2) is 9.97 Å². The van der Waals surface area contributed by atoms with Gasteiger partial charge >= 0.3 is 5.97 Å². The van der Waals surface area contributed by atoms with Crippen LogP contribution in [0.15, 0.2) is 30.5 Å². The van der Waals surface area contributed by atoms with E-state index in [-0.39, 0.29) is 24.5 Å². The maximum absolute atomic E-state index is 12.5. The maximum atomic E-state index is 12.5. The molecule has 166 valence electrons. The molecule has 7 nitrogen and oxygen atoms in total. The van der Waals surface area contributed by atoms with Crippen molar-refractivity contribution in [3.63, 3.8) is 0 Å². The number of aromatic nitrogens is 2. The van der Waals surface area contributed by atoms with Crippen molar-refractivity contribution in [2.24, 2.45) is 0 Å². The minimum absolute atomic E-state index is 0.0835. The van der Waals surface area contributed by atoms with Gasteiger partial charge in [0, 0.05) is 43.3 Å². The van der Waals surface area contributed by atoms with E-state index in [0.29, 0.717) is 18.9 Å². The average Bonchev–Trinajstić information content (AvgIpc) is 2.76. The van der Waals surface area contributed by atoms with Gasteiger partial charge in [0.15, 0.2) is 0 Å². The Kier molecular flexibility index (Phi) is 8.38. The lowest BCUT2D eigenvalue weighted by atomic mass is 9.90. The number of fused-ring (bicyclic) bond motifs is 1. The standard InChI is InChI=1S/C24H31N3O4/c1-2-31-22-12-10-18(16-26-22)19(15-23(29)30)14-21(28)8-4-3-7-20-11-9-17-6-5-13-25-24(17)27-20/h9-12,16,19H,2-8,13-15H2,1H3,(H,25,27)(H,29,30)/t19-/m1/s1. The molecular weight excluding hydrogens is 394 g/mol. The van der Waals surface area contributed by atoms with Crippen molar-refractivity contribution in [1.29, 1.82) is 0 Å². The zero-order chi connectivity index (χ0) is 22.1. The molecule has 2 aromatic heterocycles. The van der Waals surface area contributed by atoms with E-state index >= 15 is 0 Å². The summed E-state index contributed by atoms with van der Waals surface area (Å²) in [6.45, 7) is 3.36. The average molecular weight is 426 g/mol. The number of rotatable bonds is 12. The molecule has 0 saturated heterocycles. The van der Waals surface area contributed by atoms with Crippen molar-refractivity contribution in [3.05, 3.63) is 47.3 Å². The lowest BCUT2D eigenvalue weighted by Gasteiger charge is -2.17. The van der Waals surface area contributed by atoms with Crippen LogP contribution < -0.4 is 10.1 Å². The van der Waals surface area contributed by atoms with Crippen molar-refractivity contribution in [2.45, 2.75) is 64.2 Å². The number of aliphatic carboxylic acids is 1. The molecule has 0 unspecified atom stereocenters. The minimum atomic E-state index is -0.918. The number of carboxylic acid groups (broad SMARTS) is 1. The number of pyridine rings is 2. The van der Waals surface area contributed by atoms with Crippen LogP contribution in [-0.2, 0) is 22.4 Å². The zero-order valence-electron chi connectivity index (χ0n) is 18.1. The number of aryl methyl sites for hydroxylation is 2. The first kappa shape index (κ1) is 22.7. The molecule has 0 saturated carbocycles. The number of carboxylic acids is 1. The Bertz CT molecular complexity index is 883. The number of hydrogen-bond donors (Lipinski definition) is 2. The molecule has 2 N–H and O–H groups in total. The van der Waals surface area contributed by atoms with Crippen LogP contribution >= 0.6 is 0 Å². The van der Waals surface area contributed by atoms with Crippen LogP contribution in [0.25, 0.3) is 0 Å². The maximum Gasteiger partial charge on any atom is 0.303 e. The molecule has 31 heavy (non-hydrogen) atoms. The van der Waals surface area contributed by atoms with Gasteiger partial charge in [0.05, 0.1) is 13.0 Å². The molecular formula is C24H31N3O4. The molecule has 0 radical (unpaired) electrons. The van der Waals surface area contributed by atoms with E-state index in [0.717, 1.165) is 55.7 Å². The number of carbonyl (C=O) groups is 2. The fourth-order valence-corrected chi connectivity index (χ4v) is 3.90. The Hall–Kier alpha value is -2.96. The molecule has 1 aliphatic rings. The number of unbranched alkanes of at least 4 members (excludes halogenated alkanes) is 1. The number of Topliss-reactive ketones (excluding diaryl/α,β-unsaturated/α-hetero) is 1. The number of nitrogens with one attached hydrogen (secondary N) is 1. The molecule has 0 aliphatic carbocycles. The number of hydrogen-bond acceptors (Lipinski definition) is 6. The molecule has 1 aliphatic heterocycles. The number of anilines is 1. The van der Waals surface area contributed by atoms with Gasteiger partial charge in [-0.05, 0) is 56.2 Å². The van der Waals surface area contributed by atoms with E-state index in [2.05, 4.69) is 22.4 Å². The van der Waals surface area contributed by atoms with Gasteiger partial charge in [-0.3, -0.25) is 9.59 Å². The molecule has 0 bridgehead atoms. The first-order valence-electron chi connectivity index (χ1n) is 11.1. The minimum Gasteiger partial charge on any atom is -0.481 e. The smallest absolute Gasteiger partial charge is 0.303 e. The second kappa shape index (κ2) is 11.4. The summed E-state index contributed by atoms with van der Waals surface area (Å²) < 4.78 is 5.33. The predicted octanol–water partition coefficient (Wildman–Crippen LogP) is 4.16. The number of ether oxygens (including phenoxy) is 1. The summed E-state index contributed by atoms with van der Waals surface area (Å²) in [5.41, 5.74) is 3.08. The van der Waals surface area contributed by atoms with Gasteiger partial charge < -0.3 is 15.2 Å². The summed E-state index contributed by atoms with van der Waals surface area (Å²) in [4.78, 5) is 32.7. The SMILES string of the molecule is CCOc1ccc([C@@H](CC(=O)O)CC(=O)CCCCc2ccc3c(n2)NCCC3)cn1. The molecule has 0 fully saturated rings. The Morgan fingerprint density at radius 2 is 2.06 bits per heavy atom. The van der Waals surface area contributed by atoms with Crippen LogP contribution in [0, 0.1) is 0 Å². The fraction of sp³-hybridized carbons (Fsp3) is 0.500. The van der Waals surface area contributed by atoms with Gasteiger partial charge in [-0.2, -0.15) is 0 Å². The van der Waals surface area contributed by atoms with Gasteiger partial charge in [-0.1, -0.05) is 12.1 Å². The van der Waals surface area contributed by atoms with Gasteiger partial charge in [-0.15, -0.1) is 0 Å². The summed E-state index contributed by atoms with van der Waals surface area (Å²) in [5.74, 6) is 0.290. The zero-order valence-corrected chi connectivity index (χ0v) is 18.1. The molecule has 1 atom stereocenters. The van der Waals surface area contributed by atoms with Crippen LogP contribution in [0.2, 0.25) is 0 Å². The van der Waals surface area contributed by atoms with Gasteiger partial charge in [0.2, 0.25) is 5.88 Å². The number of nitrogens with zero attached hydrogens (tertiary/aromatic N) is 2. The summed E-state index contributed by atoms with van der Waals surface area (Å²) in [5, 5.41) is 12.6. The van der Waals surface area contributed by atoms with E-state index < -0.39 is 5.97 Å². The topological polar surface area (TPSA) is 101 Å². The Morgan fingerprint density at radius 1 is 1.19 bits per heavy atom. The van der Waals surface area contributed by atoms with E-state index in [1.54, 1.807) is 18.3 Å². The third kappa shape index (κ3) is 7.05. The second-order valence-corrected chi connectivity index (χ2v) is 7.95. The molecule has 3 heterocycles. The molecule has 0 aromatic carbocycles. The molecule has 2 aromatic rings. The Balaban J connectivity index is 1.47. The predicted molar refractivity (Wildman–Crippen MR) is 119 cm³/mol. The Morgan fingerprint density at radius 3 is 2.81 bits per heavy atom. The van der Waals surface area contributed by atoms with Crippen molar-refractivity contribution < 1.29 is 19.4 Å². The Labute approximate surface area is 183 Å². The number of ketones is 1. The fourth-order valence-electron chi connectivity index (χ4n) is 3.90. The molecule has 0 spiro atoms. The van der Waals surface area contributed by atoms with E-state index in [1.165, 1.54) is 5.56 Å². The summed E-state index contributed by atoms with van der Waals surface area (Å²) >= 11 is 0. The van der Waals surface area contributed by atoms with Gasteiger partial charge in [0.1, 0.15) is 11.6 Å². The van der Waals surface area contributed by atoms with Crippen LogP contribution in [0.1, 0.15) is 68.2 Å². The molecule has 0 amide bonds. The lowest BCUT2D eigenvalue weighted by molar-refractivity contribution is -0.137. The summed E-state index contributed by atoms with van der Waals surface area (Å²) in [7, 11) is 0. The van der Waals surface area contributed by atoms with Crippen LogP contribution in [-0.4, -0.2) is 40.0 Å². The molecule has 7 heteroatoms. The van der Waals surface area contributed by atoms with E-state index in [1.807, 2.05) is 6.92 Å². The van der Waals surface area contributed by atoms with Crippen LogP contribution in [0.3, 0.4) is 0 Å². The largest absolute Gasteiger partial charge is 0.481 e. The second-order valence-electron chi connectivity index (χ2n) is 7.95. The third-order valence-electron chi connectivity index (χ3n) is 5.51. The summed E-state index contributed by atoms with van der Waals surface area (Å²) in [6.07, 6.45) is 6.89. The first-order chi connectivity index (χ1) is 15.0. The van der Waals surface area contributed by atoms with E-state index in [4.69, 9.17) is 9.72 Å². The molecule has 3 rings (SSSR count). The highest BCUT2D eigenvalue weighted by Crippen LogP contribution is 2.26. The van der Waals surface area contributed by atoms with Crippen LogP contribution in [0.4, 0.5) is 5.82 Å². The monoisotopic (exact) mass is 425 g/mol. The van der Waals surface area contributed by atoms with Crippen molar-refractivity contribution in [1.82, 2.24) is 9.97 Å².